The predicted octanol–water partition coefficient (Wildman–Crippen LogP) is 2.93. The first-order chi connectivity index (χ1) is 19.5. The Morgan fingerprint density at radius 1 is 0.850 bits per heavy atom. The van der Waals surface area contributed by atoms with Crippen LogP contribution in [0.2, 0.25) is 0 Å². The van der Waals surface area contributed by atoms with Gasteiger partial charge in [0.05, 0.1) is 17.9 Å². The summed E-state index contributed by atoms with van der Waals surface area (Å²) in [6.45, 7) is 1.65. The van der Waals surface area contributed by atoms with E-state index in [1.54, 1.807) is 14.7 Å². The average Bonchev–Trinajstić information content (AvgIpc) is 3.29. The molecule has 208 valence electrons. The minimum absolute atomic E-state index is 0.0828. The van der Waals surface area contributed by atoms with Gasteiger partial charge in [-0.2, -0.15) is 0 Å². The van der Waals surface area contributed by atoms with Crippen molar-refractivity contribution in [3.05, 3.63) is 90.5 Å². The van der Waals surface area contributed by atoms with Gasteiger partial charge < -0.3 is 24.5 Å². The molecule has 2 aromatic rings. The summed E-state index contributed by atoms with van der Waals surface area (Å²) in [6, 6.07) is 18.4. The van der Waals surface area contributed by atoms with Crippen LogP contribution in [0.15, 0.2) is 85.0 Å². The first-order valence-electron chi connectivity index (χ1n) is 14.2. The Labute approximate surface area is 234 Å². The minimum Gasteiger partial charge on any atom is -0.396 e. The van der Waals surface area contributed by atoms with Crippen molar-refractivity contribution in [3.63, 3.8) is 0 Å². The SMILES string of the molecule is O=C1C2N(CCCCCO)C(=O)[C@@H]3[C@@H]4C(=O)N(c5ccccc5)CC=C[C@@H]4O[C@]23C=CCN1Cc1ccccc1. The lowest BCUT2D eigenvalue weighted by atomic mass is 9.77. The van der Waals surface area contributed by atoms with Gasteiger partial charge in [-0.05, 0) is 37.0 Å². The van der Waals surface area contributed by atoms with E-state index in [9.17, 15) is 19.5 Å². The average molecular weight is 542 g/mol. The molecule has 4 heterocycles. The summed E-state index contributed by atoms with van der Waals surface area (Å²) in [7, 11) is 0. The maximum atomic E-state index is 14.3. The van der Waals surface area contributed by atoms with Crippen LogP contribution in [0.25, 0.3) is 0 Å². The molecule has 6 rings (SSSR count). The first kappa shape index (κ1) is 26.5. The molecule has 2 saturated heterocycles. The summed E-state index contributed by atoms with van der Waals surface area (Å²) in [5.74, 6) is -2.09. The van der Waals surface area contributed by atoms with Gasteiger partial charge >= 0.3 is 0 Å². The van der Waals surface area contributed by atoms with Gasteiger partial charge in [0.25, 0.3) is 0 Å². The number of hydrogen-bond acceptors (Lipinski definition) is 5. The Balaban J connectivity index is 1.37. The summed E-state index contributed by atoms with van der Waals surface area (Å²) >= 11 is 0. The van der Waals surface area contributed by atoms with E-state index in [0.717, 1.165) is 17.7 Å². The van der Waals surface area contributed by atoms with Crippen LogP contribution in [-0.2, 0) is 25.7 Å². The van der Waals surface area contributed by atoms with Crippen molar-refractivity contribution in [2.45, 2.75) is 43.6 Å². The quantitative estimate of drug-likeness (QED) is 0.410. The number of aliphatic hydroxyl groups is 1. The topological polar surface area (TPSA) is 90.4 Å². The van der Waals surface area contributed by atoms with Crippen molar-refractivity contribution in [3.8, 4) is 0 Å². The fourth-order valence-corrected chi connectivity index (χ4v) is 6.78. The second-order valence-electron chi connectivity index (χ2n) is 11.0. The monoisotopic (exact) mass is 541 g/mol. The molecule has 0 bridgehead atoms. The molecule has 4 aliphatic heterocycles. The second-order valence-corrected chi connectivity index (χ2v) is 11.0. The van der Waals surface area contributed by atoms with Gasteiger partial charge in [-0.25, -0.2) is 0 Å². The zero-order chi connectivity index (χ0) is 27.7. The van der Waals surface area contributed by atoms with Gasteiger partial charge in [0.15, 0.2) is 0 Å². The summed E-state index contributed by atoms with van der Waals surface area (Å²) < 4.78 is 6.72. The Morgan fingerprint density at radius 3 is 2.35 bits per heavy atom. The normalized spacial score (nSPS) is 29.3. The number of nitrogens with zero attached hydrogens (tertiary/aromatic N) is 3. The first-order valence-corrected chi connectivity index (χ1v) is 14.2. The van der Waals surface area contributed by atoms with Crippen LogP contribution in [0.1, 0.15) is 24.8 Å². The number of amides is 3. The molecular formula is C32H35N3O5. The fourth-order valence-electron chi connectivity index (χ4n) is 6.78. The van der Waals surface area contributed by atoms with Crippen molar-refractivity contribution in [1.82, 2.24) is 9.80 Å². The summed E-state index contributed by atoms with van der Waals surface area (Å²) in [4.78, 5) is 47.9. The molecule has 8 nitrogen and oxygen atoms in total. The van der Waals surface area contributed by atoms with Crippen LogP contribution >= 0.6 is 0 Å². The van der Waals surface area contributed by atoms with E-state index in [-0.39, 0.29) is 24.3 Å². The van der Waals surface area contributed by atoms with Gasteiger partial charge in [-0.3, -0.25) is 14.4 Å². The number of anilines is 1. The molecule has 2 aromatic carbocycles. The van der Waals surface area contributed by atoms with Crippen molar-refractivity contribution >= 4 is 23.4 Å². The Morgan fingerprint density at radius 2 is 1.60 bits per heavy atom. The van der Waals surface area contributed by atoms with E-state index in [1.807, 2.05) is 85.0 Å². The number of benzene rings is 2. The summed E-state index contributed by atoms with van der Waals surface area (Å²) in [5.41, 5.74) is 0.541. The van der Waals surface area contributed by atoms with Gasteiger partial charge in [0.1, 0.15) is 11.6 Å². The van der Waals surface area contributed by atoms with Crippen molar-refractivity contribution < 1.29 is 24.2 Å². The number of carbonyl (C=O) groups is 3. The maximum absolute atomic E-state index is 14.3. The molecule has 0 aromatic heterocycles. The highest BCUT2D eigenvalue weighted by molar-refractivity contribution is 6.03. The number of carbonyl (C=O) groups excluding carboxylic acids is 3. The smallest absolute Gasteiger partial charge is 0.249 e. The van der Waals surface area contributed by atoms with E-state index in [4.69, 9.17) is 4.74 Å². The molecular weight excluding hydrogens is 506 g/mol. The highest BCUT2D eigenvalue weighted by Crippen LogP contribution is 2.53. The van der Waals surface area contributed by atoms with E-state index < -0.39 is 29.6 Å². The van der Waals surface area contributed by atoms with E-state index in [2.05, 4.69) is 0 Å². The molecule has 5 atom stereocenters. The lowest BCUT2D eigenvalue weighted by molar-refractivity contribution is -0.147. The molecule has 1 unspecified atom stereocenters. The van der Waals surface area contributed by atoms with Crippen molar-refractivity contribution in [2.75, 3.05) is 31.1 Å². The third-order valence-electron chi connectivity index (χ3n) is 8.58. The number of ether oxygens (including phenoxy) is 1. The molecule has 0 radical (unpaired) electrons. The summed E-state index contributed by atoms with van der Waals surface area (Å²) in [5, 5.41) is 9.27. The third-order valence-corrected chi connectivity index (χ3v) is 8.58. The third kappa shape index (κ3) is 4.45. The predicted molar refractivity (Wildman–Crippen MR) is 150 cm³/mol. The molecule has 0 saturated carbocycles. The lowest BCUT2D eigenvalue weighted by Crippen LogP contribution is -2.55. The molecule has 4 aliphatic rings. The molecule has 3 amide bonds. The van der Waals surface area contributed by atoms with E-state index in [0.29, 0.717) is 39.0 Å². The largest absolute Gasteiger partial charge is 0.396 e. The Kier molecular flexibility index (Phi) is 7.29. The van der Waals surface area contributed by atoms with Crippen LogP contribution in [0.3, 0.4) is 0 Å². The Bertz CT molecular complexity index is 1310. The molecule has 40 heavy (non-hydrogen) atoms. The van der Waals surface area contributed by atoms with Gasteiger partial charge in [-0.1, -0.05) is 72.8 Å². The number of fused-ring (bicyclic) bond motifs is 2. The maximum Gasteiger partial charge on any atom is 0.249 e. The fraction of sp³-hybridized carbons (Fsp3) is 0.406. The second kappa shape index (κ2) is 11.0. The lowest BCUT2D eigenvalue weighted by Gasteiger charge is -2.35. The molecule has 1 N–H and O–H groups in total. The summed E-state index contributed by atoms with van der Waals surface area (Å²) in [6.07, 6.45) is 9.03. The van der Waals surface area contributed by atoms with E-state index >= 15 is 0 Å². The minimum atomic E-state index is -1.23. The Hall–Kier alpha value is -3.75. The standard InChI is InChI=1S/C32H35N3O5/c36-21-9-3-8-19-35-28-31(39)33(22-23-12-4-1-5-13-23)18-11-17-32(28)27(30(35)38)26-25(40-32)16-10-20-34(29(26)37)24-14-6-2-7-15-24/h1-2,4-7,10-17,25-28,36H,3,8-9,18-22H2/t25-,26+,27-,28?,32-/m0/s1. The number of para-hydroxylation sites is 1. The van der Waals surface area contributed by atoms with Crippen molar-refractivity contribution in [1.29, 1.82) is 0 Å². The van der Waals surface area contributed by atoms with Crippen molar-refractivity contribution in [2.24, 2.45) is 11.8 Å². The highest BCUT2D eigenvalue weighted by Gasteiger charge is 2.71. The van der Waals surface area contributed by atoms with Crippen LogP contribution in [0.4, 0.5) is 5.69 Å². The van der Waals surface area contributed by atoms with Crippen LogP contribution < -0.4 is 4.90 Å². The number of rotatable bonds is 8. The molecule has 8 heteroatoms. The van der Waals surface area contributed by atoms with Crippen LogP contribution in [0.5, 0.6) is 0 Å². The van der Waals surface area contributed by atoms with Gasteiger partial charge in [0.2, 0.25) is 17.7 Å². The number of hydrogen-bond donors (Lipinski definition) is 1. The van der Waals surface area contributed by atoms with E-state index in [1.165, 1.54) is 0 Å². The molecule has 0 aliphatic carbocycles. The van der Waals surface area contributed by atoms with Crippen LogP contribution in [0, 0.1) is 11.8 Å². The number of unbranched alkanes of at least 4 members (excludes halogenated alkanes) is 2. The van der Waals surface area contributed by atoms with Crippen LogP contribution in [-0.4, -0.2) is 76.6 Å². The zero-order valence-corrected chi connectivity index (χ0v) is 22.5. The molecule has 2 fully saturated rings. The zero-order valence-electron chi connectivity index (χ0n) is 22.5. The molecule has 1 spiro atoms. The number of likely N-dealkylation sites (tertiary alicyclic amines) is 1. The van der Waals surface area contributed by atoms with Gasteiger partial charge in [-0.15, -0.1) is 0 Å². The highest BCUT2D eigenvalue weighted by atomic mass is 16.5. The number of aliphatic hydroxyl groups excluding tert-OH is 1. The van der Waals surface area contributed by atoms with Gasteiger partial charge in [0, 0.05) is 38.5 Å².